The maximum Gasteiger partial charge on any atom is 0.315 e. The zero-order valence-electron chi connectivity index (χ0n) is 10.1. The number of esters is 1. The minimum Gasteiger partial charge on any atom is -0.435 e. The molecule has 1 rings (SSSR count). The van der Waals surface area contributed by atoms with Gasteiger partial charge in [0.15, 0.2) is 0 Å². The lowest BCUT2D eigenvalue weighted by Gasteiger charge is -2.22. The van der Waals surface area contributed by atoms with E-state index in [0.717, 1.165) is 5.56 Å². The van der Waals surface area contributed by atoms with Crippen molar-refractivity contribution in [3.63, 3.8) is 0 Å². The highest BCUT2D eigenvalue weighted by Gasteiger charge is 2.18. The van der Waals surface area contributed by atoms with Crippen LogP contribution in [0.25, 0.3) is 0 Å². The van der Waals surface area contributed by atoms with E-state index in [4.69, 9.17) is 4.74 Å². The van der Waals surface area contributed by atoms with Crippen LogP contribution in [-0.2, 0) is 21.4 Å². The number of ether oxygens (including phenoxy) is 1. The van der Waals surface area contributed by atoms with Crippen molar-refractivity contribution in [2.45, 2.75) is 32.6 Å². The first-order valence-corrected chi connectivity index (χ1v) is 5.34. The van der Waals surface area contributed by atoms with Crippen molar-refractivity contribution in [1.29, 1.82) is 0 Å². The fraction of sp³-hybridized carbons (Fsp3) is 0.357. The van der Waals surface area contributed by atoms with E-state index in [9.17, 15) is 4.79 Å². The van der Waals surface area contributed by atoms with Crippen molar-refractivity contribution in [3.8, 4) is 0 Å². The molecule has 0 aromatic heterocycles. The van der Waals surface area contributed by atoms with Crippen LogP contribution in [0.2, 0.25) is 0 Å². The topological polar surface area (TPSA) is 26.3 Å². The highest BCUT2D eigenvalue weighted by atomic mass is 16.5. The van der Waals surface area contributed by atoms with Gasteiger partial charge in [-0.3, -0.25) is 4.79 Å². The van der Waals surface area contributed by atoms with Crippen LogP contribution < -0.4 is 0 Å². The number of carbonyl (C=O) groups excluding carboxylic acids is 1. The summed E-state index contributed by atoms with van der Waals surface area (Å²) in [5, 5.41) is 0. The van der Waals surface area contributed by atoms with Gasteiger partial charge in [0.05, 0.1) is 12.7 Å². The van der Waals surface area contributed by atoms with Gasteiger partial charge in [0.1, 0.15) is 0 Å². The Morgan fingerprint density at radius 2 is 2.00 bits per heavy atom. The lowest BCUT2D eigenvalue weighted by molar-refractivity contribution is -0.137. The number of hydrogen-bond acceptors (Lipinski definition) is 2. The zero-order chi connectivity index (χ0) is 12.2. The molecule has 0 atom stereocenters. The summed E-state index contributed by atoms with van der Waals surface area (Å²) in [5.41, 5.74) is 2.23. The van der Waals surface area contributed by atoms with Crippen molar-refractivity contribution in [2.24, 2.45) is 0 Å². The third-order valence-electron chi connectivity index (χ3n) is 2.37. The molecule has 0 N–H and O–H groups in total. The fourth-order valence-corrected chi connectivity index (χ4v) is 1.70. The van der Waals surface area contributed by atoms with Crippen molar-refractivity contribution in [1.82, 2.24) is 0 Å². The quantitative estimate of drug-likeness (QED) is 0.575. The molecule has 0 amide bonds. The molecular weight excluding hydrogens is 200 g/mol. The number of carbonyl (C=O) groups is 1. The summed E-state index contributed by atoms with van der Waals surface area (Å²) in [4.78, 5) is 11.4. The Balaban J connectivity index is 2.96. The van der Waals surface area contributed by atoms with Gasteiger partial charge in [-0.25, -0.2) is 0 Å². The molecule has 86 valence electrons. The predicted octanol–water partition coefficient (Wildman–Crippen LogP) is 3.21. The summed E-state index contributed by atoms with van der Waals surface area (Å²) < 4.78 is 4.74. The van der Waals surface area contributed by atoms with E-state index >= 15 is 0 Å². The Hall–Kier alpha value is -1.57. The Morgan fingerprint density at radius 1 is 1.38 bits per heavy atom. The van der Waals surface area contributed by atoms with Gasteiger partial charge >= 0.3 is 5.97 Å². The first-order chi connectivity index (χ1) is 7.45. The molecule has 0 aliphatic heterocycles. The van der Waals surface area contributed by atoms with E-state index < -0.39 is 0 Å². The summed E-state index contributed by atoms with van der Waals surface area (Å²) in [5.74, 6) is -0.272. The largest absolute Gasteiger partial charge is 0.435 e. The molecule has 1 aromatic carbocycles. The van der Waals surface area contributed by atoms with Gasteiger partial charge in [-0.15, -0.1) is 0 Å². The normalized spacial score (nSPS) is 10.9. The van der Waals surface area contributed by atoms with Gasteiger partial charge < -0.3 is 4.74 Å². The molecule has 0 radical (unpaired) electrons. The summed E-state index contributed by atoms with van der Waals surface area (Å²) in [6.07, 6.45) is 1.46. The van der Waals surface area contributed by atoms with Gasteiger partial charge in [0.2, 0.25) is 0 Å². The van der Waals surface area contributed by atoms with Crippen molar-refractivity contribution >= 4 is 5.97 Å². The fourth-order valence-electron chi connectivity index (χ4n) is 1.70. The lowest BCUT2D eigenvalue weighted by Crippen LogP contribution is -2.16. The van der Waals surface area contributed by atoms with Crippen LogP contribution in [0.1, 0.15) is 31.9 Å². The van der Waals surface area contributed by atoms with Gasteiger partial charge in [0.25, 0.3) is 0 Å². The molecule has 1 aromatic rings. The number of rotatable bonds is 3. The first kappa shape index (κ1) is 12.5. The molecule has 0 saturated heterocycles. The molecule has 0 bridgehead atoms. The Bertz CT molecular complexity index is 386. The molecule has 0 aliphatic carbocycles. The Kier molecular flexibility index (Phi) is 3.88. The lowest BCUT2D eigenvalue weighted by atomic mass is 9.83. The summed E-state index contributed by atoms with van der Waals surface area (Å²) in [6, 6.07) is 7.94. The Labute approximate surface area is 96.9 Å². The summed E-state index contributed by atoms with van der Waals surface area (Å²) in [7, 11) is 0. The average molecular weight is 218 g/mol. The van der Waals surface area contributed by atoms with Gasteiger partial charge in [0, 0.05) is 0 Å². The van der Waals surface area contributed by atoms with Crippen LogP contribution in [0.5, 0.6) is 0 Å². The predicted molar refractivity (Wildman–Crippen MR) is 65.1 cm³/mol. The van der Waals surface area contributed by atoms with Crippen LogP contribution in [-0.4, -0.2) is 5.97 Å². The minimum absolute atomic E-state index is 0.0328. The van der Waals surface area contributed by atoms with Crippen LogP contribution >= 0.6 is 0 Å². The van der Waals surface area contributed by atoms with E-state index in [1.165, 1.54) is 11.8 Å². The SMILES string of the molecule is C=COC(=O)Cc1ccccc1C(C)(C)C. The van der Waals surface area contributed by atoms with E-state index in [2.05, 4.69) is 33.4 Å². The van der Waals surface area contributed by atoms with Gasteiger partial charge in [-0.2, -0.15) is 0 Å². The van der Waals surface area contributed by atoms with Gasteiger partial charge in [-0.1, -0.05) is 51.6 Å². The van der Waals surface area contributed by atoms with Crippen LogP contribution in [0.3, 0.4) is 0 Å². The second-order valence-electron chi connectivity index (χ2n) is 4.74. The standard InChI is InChI=1S/C14H18O2/c1-5-16-13(15)10-11-8-6-7-9-12(11)14(2,3)4/h5-9H,1,10H2,2-4H3. The minimum atomic E-state index is -0.272. The van der Waals surface area contributed by atoms with E-state index in [1.54, 1.807) is 0 Å². The number of hydrogen-bond donors (Lipinski definition) is 0. The third-order valence-corrected chi connectivity index (χ3v) is 2.37. The molecule has 0 heterocycles. The molecule has 16 heavy (non-hydrogen) atoms. The molecule has 0 saturated carbocycles. The maximum absolute atomic E-state index is 11.4. The number of benzene rings is 1. The molecule has 2 nitrogen and oxygen atoms in total. The monoisotopic (exact) mass is 218 g/mol. The van der Waals surface area contributed by atoms with Crippen LogP contribution in [0.15, 0.2) is 37.1 Å². The van der Waals surface area contributed by atoms with Crippen molar-refractivity contribution in [3.05, 3.63) is 48.2 Å². The molecule has 2 heteroatoms. The average Bonchev–Trinajstić information content (AvgIpc) is 2.17. The highest BCUT2D eigenvalue weighted by Crippen LogP contribution is 2.26. The second-order valence-corrected chi connectivity index (χ2v) is 4.74. The van der Waals surface area contributed by atoms with Crippen molar-refractivity contribution < 1.29 is 9.53 Å². The highest BCUT2D eigenvalue weighted by molar-refractivity contribution is 5.73. The van der Waals surface area contributed by atoms with Crippen molar-refractivity contribution in [2.75, 3.05) is 0 Å². The second kappa shape index (κ2) is 4.97. The molecular formula is C14H18O2. The maximum atomic E-state index is 11.4. The molecule has 0 unspecified atom stereocenters. The smallest absolute Gasteiger partial charge is 0.315 e. The Morgan fingerprint density at radius 3 is 2.56 bits per heavy atom. The molecule has 0 aliphatic rings. The molecule has 0 fully saturated rings. The first-order valence-electron chi connectivity index (χ1n) is 5.34. The van der Waals surface area contributed by atoms with Gasteiger partial charge in [-0.05, 0) is 16.5 Å². The zero-order valence-corrected chi connectivity index (χ0v) is 10.1. The molecule has 0 spiro atoms. The van der Waals surface area contributed by atoms with E-state index in [-0.39, 0.29) is 11.4 Å². The summed E-state index contributed by atoms with van der Waals surface area (Å²) >= 11 is 0. The van der Waals surface area contributed by atoms with E-state index in [1.807, 2.05) is 18.2 Å². The van der Waals surface area contributed by atoms with Crippen LogP contribution in [0.4, 0.5) is 0 Å². The van der Waals surface area contributed by atoms with E-state index in [0.29, 0.717) is 6.42 Å². The third kappa shape index (κ3) is 3.23. The summed E-state index contributed by atoms with van der Waals surface area (Å²) in [6.45, 7) is 9.76. The van der Waals surface area contributed by atoms with Crippen LogP contribution in [0, 0.1) is 0 Å².